The summed E-state index contributed by atoms with van der Waals surface area (Å²) in [5.41, 5.74) is 0.739. The molecule has 0 bridgehead atoms. The highest BCUT2D eigenvalue weighted by atomic mass is 32.1. The maximum Gasteiger partial charge on any atom is 0.251 e. The summed E-state index contributed by atoms with van der Waals surface area (Å²) in [7, 11) is 1.66. The molecule has 0 saturated carbocycles. The predicted molar refractivity (Wildman–Crippen MR) is 123 cm³/mol. The summed E-state index contributed by atoms with van der Waals surface area (Å²) < 4.78 is 5.28. The lowest BCUT2D eigenvalue weighted by atomic mass is 9.81. The number of carbonyl (C=O) groups is 1. The van der Waals surface area contributed by atoms with Crippen LogP contribution in [0.5, 0.6) is 5.75 Å². The normalized spacial score (nSPS) is 24.0. The summed E-state index contributed by atoms with van der Waals surface area (Å²) in [5, 5.41) is 16.5. The molecule has 0 spiro atoms. The first-order chi connectivity index (χ1) is 15.0. The van der Waals surface area contributed by atoms with Crippen LogP contribution in [0.4, 0.5) is 0 Å². The lowest BCUT2D eigenvalue weighted by Gasteiger charge is -2.48. The number of hydrogen-bond acceptors (Lipinski definition) is 5. The number of hydrogen-bond donors (Lipinski definition) is 2. The molecule has 6 heteroatoms. The number of methoxy groups -OCH3 is 1. The van der Waals surface area contributed by atoms with Gasteiger partial charge < -0.3 is 15.2 Å². The van der Waals surface area contributed by atoms with Crippen LogP contribution in [0.25, 0.3) is 0 Å². The second-order valence-corrected chi connectivity index (χ2v) is 9.18. The van der Waals surface area contributed by atoms with Crippen LogP contribution >= 0.6 is 11.3 Å². The van der Waals surface area contributed by atoms with Crippen LogP contribution in [0.15, 0.2) is 72.1 Å². The summed E-state index contributed by atoms with van der Waals surface area (Å²) in [6, 6.07) is 20.8. The molecular weight excluding hydrogens is 408 g/mol. The van der Waals surface area contributed by atoms with Gasteiger partial charge in [0.05, 0.1) is 24.8 Å². The lowest BCUT2D eigenvalue weighted by Crippen LogP contribution is -2.62. The molecule has 31 heavy (non-hydrogen) atoms. The van der Waals surface area contributed by atoms with Crippen molar-refractivity contribution in [3.63, 3.8) is 0 Å². The fourth-order valence-corrected chi connectivity index (χ4v) is 5.11. The van der Waals surface area contributed by atoms with Crippen LogP contribution in [0.1, 0.15) is 40.2 Å². The van der Waals surface area contributed by atoms with E-state index in [1.165, 1.54) is 0 Å². The summed E-state index contributed by atoms with van der Waals surface area (Å²) in [6.07, 6.45) is 0.574. The monoisotopic (exact) mass is 436 g/mol. The smallest absolute Gasteiger partial charge is 0.251 e. The van der Waals surface area contributed by atoms with Gasteiger partial charge in [0.1, 0.15) is 5.75 Å². The van der Waals surface area contributed by atoms with Crippen LogP contribution < -0.4 is 10.1 Å². The number of benzene rings is 2. The number of likely N-dealkylation sites (tertiary alicyclic amines) is 1. The Hall–Kier alpha value is -2.67. The topological polar surface area (TPSA) is 61.8 Å². The van der Waals surface area contributed by atoms with Crippen molar-refractivity contribution in [1.29, 1.82) is 0 Å². The highest BCUT2D eigenvalue weighted by Crippen LogP contribution is 2.39. The van der Waals surface area contributed by atoms with E-state index in [1.807, 2.05) is 48.7 Å². The van der Waals surface area contributed by atoms with Crippen LogP contribution in [0.2, 0.25) is 0 Å². The van der Waals surface area contributed by atoms with Crippen molar-refractivity contribution in [1.82, 2.24) is 10.2 Å². The molecule has 1 aliphatic heterocycles. The van der Waals surface area contributed by atoms with Crippen LogP contribution in [-0.2, 0) is 6.54 Å². The van der Waals surface area contributed by atoms with E-state index in [9.17, 15) is 9.90 Å². The first kappa shape index (κ1) is 21.6. The van der Waals surface area contributed by atoms with Crippen molar-refractivity contribution in [2.75, 3.05) is 13.7 Å². The van der Waals surface area contributed by atoms with Crippen molar-refractivity contribution < 1.29 is 14.6 Å². The van der Waals surface area contributed by atoms with Gasteiger partial charge in [-0.25, -0.2) is 0 Å². The van der Waals surface area contributed by atoms with E-state index < -0.39 is 11.6 Å². The number of nitrogens with zero attached hydrogens (tertiary/aromatic N) is 1. The summed E-state index contributed by atoms with van der Waals surface area (Å²) >= 11 is 1.65. The standard InChI is InChI=1S/C25H28N2O3S/c1-25(29)14-15-27(17-18-10-12-20(30-2)13-11-18)22(21-9-6-16-31-21)23(25)26-24(28)19-7-4-3-5-8-19/h3-13,16,22-23,29H,14-15,17H2,1-2H3,(H,26,28)/t22-,23-,25+/m0/s1. The molecule has 1 aliphatic rings. The molecule has 3 atom stereocenters. The molecule has 3 aromatic rings. The van der Waals surface area contributed by atoms with E-state index >= 15 is 0 Å². The highest BCUT2D eigenvalue weighted by molar-refractivity contribution is 7.10. The minimum absolute atomic E-state index is 0.126. The number of nitrogens with one attached hydrogen (secondary N) is 1. The molecule has 1 amide bonds. The van der Waals surface area contributed by atoms with Crippen molar-refractivity contribution in [3.05, 3.63) is 88.1 Å². The van der Waals surface area contributed by atoms with Crippen LogP contribution in [-0.4, -0.2) is 41.2 Å². The van der Waals surface area contributed by atoms with E-state index in [0.717, 1.165) is 29.3 Å². The van der Waals surface area contributed by atoms with Gasteiger partial charge in [0, 0.05) is 23.5 Å². The number of piperidine rings is 1. The maximum absolute atomic E-state index is 13.0. The van der Waals surface area contributed by atoms with Gasteiger partial charge in [0.15, 0.2) is 0 Å². The van der Waals surface area contributed by atoms with Crippen molar-refractivity contribution in [2.45, 2.75) is 37.6 Å². The lowest BCUT2D eigenvalue weighted by molar-refractivity contribution is -0.0656. The fourth-order valence-electron chi connectivity index (χ4n) is 4.21. The molecule has 2 N–H and O–H groups in total. The second-order valence-electron chi connectivity index (χ2n) is 8.20. The van der Waals surface area contributed by atoms with E-state index in [4.69, 9.17) is 4.74 Å². The third-order valence-corrected chi connectivity index (χ3v) is 6.93. The predicted octanol–water partition coefficient (Wildman–Crippen LogP) is 4.25. The van der Waals surface area contributed by atoms with E-state index in [-0.39, 0.29) is 11.9 Å². The summed E-state index contributed by atoms with van der Waals surface area (Å²) in [6.45, 7) is 3.29. The number of thiophene rings is 1. The summed E-state index contributed by atoms with van der Waals surface area (Å²) in [4.78, 5) is 16.5. The Morgan fingerprint density at radius 2 is 1.90 bits per heavy atom. The van der Waals surface area contributed by atoms with Gasteiger partial charge in [-0.05, 0) is 54.6 Å². The van der Waals surface area contributed by atoms with E-state index in [2.05, 4.69) is 28.4 Å². The summed E-state index contributed by atoms with van der Waals surface area (Å²) in [5.74, 6) is 0.659. The molecule has 1 saturated heterocycles. The third-order valence-electron chi connectivity index (χ3n) is 5.99. The first-order valence-electron chi connectivity index (χ1n) is 10.5. The molecule has 4 rings (SSSR count). The molecule has 0 unspecified atom stereocenters. The van der Waals surface area contributed by atoms with Gasteiger partial charge in [0.2, 0.25) is 0 Å². The zero-order valence-electron chi connectivity index (χ0n) is 17.8. The Bertz CT molecular complexity index is 987. The van der Waals surface area contributed by atoms with E-state index in [0.29, 0.717) is 12.0 Å². The van der Waals surface area contributed by atoms with E-state index in [1.54, 1.807) is 30.6 Å². The number of ether oxygens (including phenoxy) is 1. The Morgan fingerprint density at radius 1 is 1.16 bits per heavy atom. The van der Waals surface area contributed by atoms with Crippen molar-refractivity contribution in [2.24, 2.45) is 0 Å². The van der Waals surface area contributed by atoms with Crippen LogP contribution in [0.3, 0.4) is 0 Å². The highest BCUT2D eigenvalue weighted by Gasteiger charge is 2.46. The molecule has 1 aromatic heterocycles. The SMILES string of the molecule is COc1ccc(CN2CC[C@@](C)(O)[C@@H](NC(=O)c3ccccc3)[C@@H]2c2cccs2)cc1. The Morgan fingerprint density at radius 3 is 2.55 bits per heavy atom. The molecular formula is C25H28N2O3S. The molecule has 162 valence electrons. The second kappa shape index (κ2) is 9.22. The van der Waals surface area contributed by atoms with Gasteiger partial charge in [-0.15, -0.1) is 11.3 Å². The maximum atomic E-state index is 13.0. The van der Waals surface area contributed by atoms with Gasteiger partial charge in [-0.2, -0.15) is 0 Å². The average molecular weight is 437 g/mol. The van der Waals surface area contributed by atoms with Gasteiger partial charge in [-0.3, -0.25) is 9.69 Å². The minimum atomic E-state index is -1.02. The number of aliphatic hydroxyl groups is 1. The van der Waals surface area contributed by atoms with Crippen LogP contribution in [0, 0.1) is 0 Å². The van der Waals surface area contributed by atoms with Crippen molar-refractivity contribution in [3.8, 4) is 5.75 Å². The first-order valence-corrected chi connectivity index (χ1v) is 11.3. The largest absolute Gasteiger partial charge is 0.497 e. The van der Waals surface area contributed by atoms with Gasteiger partial charge >= 0.3 is 0 Å². The zero-order valence-corrected chi connectivity index (χ0v) is 18.6. The molecule has 2 heterocycles. The Labute approximate surface area is 187 Å². The molecule has 0 radical (unpaired) electrons. The number of amides is 1. The van der Waals surface area contributed by atoms with Crippen molar-refractivity contribution >= 4 is 17.2 Å². The Kier molecular flexibility index (Phi) is 6.41. The number of rotatable bonds is 6. The zero-order chi connectivity index (χ0) is 21.8. The quantitative estimate of drug-likeness (QED) is 0.606. The van der Waals surface area contributed by atoms with Gasteiger partial charge in [0.25, 0.3) is 5.91 Å². The average Bonchev–Trinajstić information content (AvgIpc) is 3.32. The molecule has 1 fully saturated rings. The minimum Gasteiger partial charge on any atom is -0.497 e. The Balaban J connectivity index is 1.63. The molecule has 0 aliphatic carbocycles. The molecule has 5 nitrogen and oxygen atoms in total. The molecule has 2 aromatic carbocycles. The fraction of sp³-hybridized carbons (Fsp3) is 0.320. The van der Waals surface area contributed by atoms with Gasteiger partial charge in [-0.1, -0.05) is 36.4 Å². The number of carbonyl (C=O) groups excluding carboxylic acids is 1. The third kappa shape index (κ3) is 4.82.